The molecular formula is C22H14BrF2NO4S. The van der Waals surface area contributed by atoms with Crippen LogP contribution >= 0.6 is 27.3 Å². The summed E-state index contributed by atoms with van der Waals surface area (Å²) in [5.41, 5.74) is -0.337. The number of benzene rings is 2. The van der Waals surface area contributed by atoms with E-state index in [1.165, 1.54) is 30.6 Å². The van der Waals surface area contributed by atoms with Crippen LogP contribution in [-0.4, -0.2) is 23.9 Å². The molecule has 5 nitrogen and oxygen atoms in total. The minimum Gasteiger partial charge on any atom is -0.507 e. The molecule has 2 heterocycles. The smallest absolute Gasteiger partial charge is 0.300 e. The number of carbonyl (C=O) groups excluding carboxylic acids is 2. The second-order valence-electron chi connectivity index (χ2n) is 6.63. The molecular weight excluding hydrogens is 492 g/mol. The highest BCUT2D eigenvalue weighted by Crippen LogP contribution is 2.44. The van der Waals surface area contributed by atoms with Gasteiger partial charge >= 0.3 is 0 Å². The first-order valence-corrected chi connectivity index (χ1v) is 10.6. The molecule has 1 saturated heterocycles. The number of anilines is 1. The number of Topliss-reactive ketones (excluding diaryl/α,β-unsaturated/α-hetero) is 1. The lowest BCUT2D eigenvalue weighted by molar-refractivity contribution is -0.132. The van der Waals surface area contributed by atoms with Crippen molar-refractivity contribution in [2.24, 2.45) is 0 Å². The van der Waals surface area contributed by atoms with Gasteiger partial charge in [-0.25, -0.2) is 8.78 Å². The maximum Gasteiger partial charge on any atom is 0.300 e. The Hall–Kier alpha value is -3.04. The molecule has 0 radical (unpaired) electrons. The molecule has 0 aliphatic carbocycles. The van der Waals surface area contributed by atoms with Crippen molar-refractivity contribution in [2.75, 3.05) is 12.0 Å². The molecule has 3 aromatic rings. The van der Waals surface area contributed by atoms with Gasteiger partial charge in [-0.3, -0.25) is 14.5 Å². The minimum atomic E-state index is -1.11. The van der Waals surface area contributed by atoms with E-state index in [0.29, 0.717) is 15.1 Å². The molecule has 1 atom stereocenters. The molecule has 0 bridgehead atoms. The third-order valence-corrected chi connectivity index (χ3v) is 6.39. The predicted molar refractivity (Wildman–Crippen MR) is 116 cm³/mol. The number of ketones is 1. The third-order valence-electron chi connectivity index (χ3n) is 4.85. The van der Waals surface area contributed by atoms with Gasteiger partial charge in [0.25, 0.3) is 11.7 Å². The number of rotatable bonds is 4. The largest absolute Gasteiger partial charge is 0.507 e. The summed E-state index contributed by atoms with van der Waals surface area (Å²) in [6.45, 7) is 0. The van der Waals surface area contributed by atoms with Gasteiger partial charge in [0, 0.05) is 16.5 Å². The molecule has 1 aliphatic heterocycles. The first-order valence-electron chi connectivity index (χ1n) is 8.97. The quantitative estimate of drug-likeness (QED) is 0.292. The van der Waals surface area contributed by atoms with Crippen molar-refractivity contribution in [3.63, 3.8) is 0 Å². The molecule has 1 aromatic heterocycles. The van der Waals surface area contributed by atoms with Crippen LogP contribution < -0.4 is 9.64 Å². The summed E-state index contributed by atoms with van der Waals surface area (Å²) in [6, 6.07) is 9.55. The molecule has 1 unspecified atom stereocenters. The second-order valence-corrected chi connectivity index (χ2v) is 8.46. The number of hydrogen-bond acceptors (Lipinski definition) is 5. The number of ether oxygens (including phenoxy) is 1. The first kappa shape index (κ1) is 21.2. The van der Waals surface area contributed by atoms with E-state index in [1.807, 2.05) is 0 Å². The number of aliphatic hydroxyl groups excluding tert-OH is 1. The van der Waals surface area contributed by atoms with Crippen LogP contribution in [0.25, 0.3) is 5.76 Å². The van der Waals surface area contributed by atoms with Gasteiger partial charge < -0.3 is 9.84 Å². The van der Waals surface area contributed by atoms with Crippen LogP contribution in [0.1, 0.15) is 16.5 Å². The van der Waals surface area contributed by atoms with Gasteiger partial charge in [0.15, 0.2) is 0 Å². The van der Waals surface area contributed by atoms with Crippen molar-refractivity contribution in [2.45, 2.75) is 6.04 Å². The van der Waals surface area contributed by atoms with Crippen LogP contribution in [0.3, 0.4) is 0 Å². The summed E-state index contributed by atoms with van der Waals surface area (Å²) in [4.78, 5) is 27.3. The summed E-state index contributed by atoms with van der Waals surface area (Å²) in [5, 5.41) is 12.7. The van der Waals surface area contributed by atoms with Crippen LogP contribution in [0.2, 0.25) is 0 Å². The number of hydrogen-bond donors (Lipinski definition) is 1. The Balaban J connectivity index is 1.94. The van der Waals surface area contributed by atoms with Gasteiger partial charge in [-0.05, 0) is 57.7 Å². The number of thiophene rings is 1. The molecule has 0 saturated carbocycles. The van der Waals surface area contributed by atoms with Crippen molar-refractivity contribution in [1.82, 2.24) is 0 Å². The normalized spacial score (nSPS) is 17.9. The van der Waals surface area contributed by atoms with Crippen LogP contribution in [0, 0.1) is 11.6 Å². The number of halogens is 3. The lowest BCUT2D eigenvalue weighted by atomic mass is 9.99. The molecule has 2 aromatic carbocycles. The average Bonchev–Trinajstić information content (AvgIpc) is 3.36. The van der Waals surface area contributed by atoms with Crippen LogP contribution in [-0.2, 0) is 9.59 Å². The van der Waals surface area contributed by atoms with Crippen LogP contribution in [0.15, 0.2) is 64.0 Å². The highest BCUT2D eigenvalue weighted by molar-refractivity contribution is 9.10. The Labute approximate surface area is 188 Å². The molecule has 158 valence electrons. The monoisotopic (exact) mass is 505 g/mol. The summed E-state index contributed by atoms with van der Waals surface area (Å²) in [6.07, 6.45) is 0. The highest BCUT2D eigenvalue weighted by atomic mass is 79.9. The lowest BCUT2D eigenvalue weighted by Crippen LogP contribution is -2.30. The van der Waals surface area contributed by atoms with Crippen molar-refractivity contribution >= 4 is 50.4 Å². The fourth-order valence-corrected chi connectivity index (χ4v) is 4.80. The lowest BCUT2D eigenvalue weighted by Gasteiger charge is -2.24. The van der Waals surface area contributed by atoms with E-state index in [2.05, 4.69) is 15.9 Å². The van der Waals surface area contributed by atoms with E-state index in [1.54, 1.807) is 23.6 Å². The van der Waals surface area contributed by atoms with E-state index in [4.69, 9.17) is 4.74 Å². The predicted octanol–water partition coefficient (Wildman–Crippen LogP) is 5.42. The molecule has 31 heavy (non-hydrogen) atoms. The second kappa shape index (κ2) is 8.24. The molecule has 1 aliphatic rings. The Morgan fingerprint density at radius 3 is 2.58 bits per heavy atom. The SMILES string of the molecule is COc1ccc(/C(O)=C2/C(=O)C(=O)N(c3cc(F)ccc3F)C2c2cccs2)cc1Br. The van der Waals surface area contributed by atoms with Crippen LogP contribution in [0.4, 0.5) is 14.5 Å². The Bertz CT molecular complexity index is 1230. The first-order chi connectivity index (χ1) is 14.8. The van der Waals surface area contributed by atoms with Crippen molar-refractivity contribution in [3.05, 3.63) is 86.0 Å². The molecule has 1 N–H and O–H groups in total. The summed E-state index contributed by atoms with van der Waals surface area (Å²) in [7, 11) is 1.48. The molecule has 0 spiro atoms. The molecule has 4 rings (SSSR count). The highest BCUT2D eigenvalue weighted by Gasteiger charge is 2.48. The van der Waals surface area contributed by atoms with Gasteiger partial charge in [0.2, 0.25) is 0 Å². The molecule has 1 fully saturated rings. The zero-order valence-electron chi connectivity index (χ0n) is 15.9. The average molecular weight is 506 g/mol. The zero-order valence-corrected chi connectivity index (χ0v) is 18.3. The Morgan fingerprint density at radius 2 is 1.94 bits per heavy atom. The van der Waals surface area contributed by atoms with Crippen molar-refractivity contribution in [3.8, 4) is 5.75 Å². The minimum absolute atomic E-state index is 0.215. The summed E-state index contributed by atoms with van der Waals surface area (Å²) < 4.78 is 34.1. The van der Waals surface area contributed by atoms with E-state index in [9.17, 15) is 23.5 Å². The zero-order chi connectivity index (χ0) is 22.3. The number of methoxy groups -OCH3 is 1. The summed E-state index contributed by atoms with van der Waals surface area (Å²) >= 11 is 4.54. The van der Waals surface area contributed by atoms with Crippen molar-refractivity contribution < 1.29 is 28.2 Å². The topological polar surface area (TPSA) is 66.8 Å². The van der Waals surface area contributed by atoms with Gasteiger partial charge in [0.05, 0.1) is 22.8 Å². The summed E-state index contributed by atoms with van der Waals surface area (Å²) in [5.74, 6) is -3.60. The maximum atomic E-state index is 14.6. The number of nitrogens with zero attached hydrogens (tertiary/aromatic N) is 1. The van der Waals surface area contributed by atoms with E-state index in [0.717, 1.165) is 23.1 Å². The van der Waals surface area contributed by atoms with E-state index >= 15 is 0 Å². The Morgan fingerprint density at radius 1 is 1.16 bits per heavy atom. The Kier molecular flexibility index (Phi) is 5.63. The van der Waals surface area contributed by atoms with E-state index < -0.39 is 35.1 Å². The van der Waals surface area contributed by atoms with Crippen LogP contribution in [0.5, 0.6) is 5.75 Å². The molecule has 9 heteroatoms. The third kappa shape index (κ3) is 3.64. The fourth-order valence-electron chi connectivity index (χ4n) is 3.44. The maximum absolute atomic E-state index is 14.6. The van der Waals surface area contributed by atoms with Crippen molar-refractivity contribution in [1.29, 1.82) is 0 Å². The van der Waals surface area contributed by atoms with Gasteiger partial charge in [-0.2, -0.15) is 0 Å². The van der Waals surface area contributed by atoms with Gasteiger partial charge in [-0.15, -0.1) is 11.3 Å². The van der Waals surface area contributed by atoms with Gasteiger partial charge in [0.1, 0.15) is 29.2 Å². The van der Waals surface area contributed by atoms with E-state index in [-0.39, 0.29) is 16.8 Å². The number of aliphatic hydroxyl groups is 1. The fraction of sp³-hybridized carbons (Fsp3) is 0.0909. The van der Waals surface area contributed by atoms with Gasteiger partial charge in [-0.1, -0.05) is 6.07 Å². The number of amides is 1. The standard InChI is InChI=1S/C22H14BrF2NO4S/c1-30-16-7-4-11(9-13(16)23)20(27)18-19(17-3-2-8-31-17)26(22(29)21(18)28)15-10-12(24)5-6-14(15)25/h2-10,19,27H,1H3/b20-18-. The number of carbonyl (C=O) groups is 2. The molecule has 1 amide bonds.